The van der Waals surface area contributed by atoms with Crippen LogP contribution in [0.15, 0.2) is 0 Å². The average molecular weight is 376 g/mol. The van der Waals surface area contributed by atoms with Crippen LogP contribution in [0, 0.1) is 19.8 Å². The number of aryl methyl sites for hydroxylation is 1. The minimum Gasteiger partial charge on any atom is -0.461 e. The van der Waals surface area contributed by atoms with Crippen LogP contribution in [-0.4, -0.2) is 46.7 Å². The van der Waals surface area contributed by atoms with Crippen molar-refractivity contribution in [2.45, 2.75) is 72.8 Å². The number of nitrogens with zero attached hydrogens (tertiary/aromatic N) is 1. The molecule has 1 aromatic heterocycles. The Labute approximate surface area is 161 Å². The fourth-order valence-electron chi connectivity index (χ4n) is 4.02. The zero-order chi connectivity index (χ0) is 20.1. The number of esters is 1. The molecule has 1 unspecified atom stereocenters. The van der Waals surface area contributed by atoms with E-state index in [4.69, 9.17) is 4.74 Å². The number of ether oxygens (including phenoxy) is 1. The van der Waals surface area contributed by atoms with E-state index in [0.717, 1.165) is 32.1 Å². The molecular weight excluding hydrogens is 344 g/mol. The standard InChI is InChI=1S/C21H32N2O4/c1-6-12-23(20(25)16-10-8-9-11-16)15(5)19(24)17-13(3)18(22-14(17)4)21(26)27-7-2/h15-16,22H,6-12H2,1-5H3. The van der Waals surface area contributed by atoms with Crippen LogP contribution in [0.5, 0.6) is 0 Å². The molecule has 6 nitrogen and oxygen atoms in total. The Kier molecular flexibility index (Phi) is 7.22. The van der Waals surface area contributed by atoms with Gasteiger partial charge in [0.1, 0.15) is 5.69 Å². The fraction of sp³-hybridized carbons (Fsp3) is 0.667. The minimum absolute atomic E-state index is 0.0373. The van der Waals surface area contributed by atoms with Gasteiger partial charge >= 0.3 is 5.97 Å². The summed E-state index contributed by atoms with van der Waals surface area (Å²) in [4.78, 5) is 43.1. The number of aromatic nitrogens is 1. The number of ketones is 1. The minimum atomic E-state index is -0.554. The number of nitrogens with one attached hydrogen (secondary N) is 1. The summed E-state index contributed by atoms with van der Waals surface area (Å²) in [5.41, 5.74) is 2.03. The molecule has 0 aromatic carbocycles. The van der Waals surface area contributed by atoms with Crippen molar-refractivity contribution in [3.05, 3.63) is 22.5 Å². The van der Waals surface area contributed by atoms with Gasteiger partial charge in [0.05, 0.1) is 12.6 Å². The number of rotatable bonds is 8. The number of hydrogen-bond donors (Lipinski definition) is 1. The van der Waals surface area contributed by atoms with Gasteiger partial charge in [-0.25, -0.2) is 4.79 Å². The Morgan fingerprint density at radius 3 is 2.37 bits per heavy atom. The fourth-order valence-corrected chi connectivity index (χ4v) is 4.02. The van der Waals surface area contributed by atoms with E-state index in [0.29, 0.717) is 29.1 Å². The van der Waals surface area contributed by atoms with Gasteiger partial charge in [-0.1, -0.05) is 19.8 Å². The van der Waals surface area contributed by atoms with E-state index in [2.05, 4.69) is 4.98 Å². The first kappa shape index (κ1) is 21.2. The molecule has 1 heterocycles. The molecule has 1 fully saturated rings. The van der Waals surface area contributed by atoms with Crippen molar-refractivity contribution >= 4 is 17.7 Å². The summed E-state index contributed by atoms with van der Waals surface area (Å²) in [5, 5.41) is 0. The second-order valence-electron chi connectivity index (χ2n) is 7.40. The lowest BCUT2D eigenvalue weighted by Gasteiger charge is -2.30. The summed E-state index contributed by atoms with van der Waals surface area (Å²) in [5.74, 6) is -0.462. The Morgan fingerprint density at radius 2 is 1.81 bits per heavy atom. The van der Waals surface area contributed by atoms with Crippen molar-refractivity contribution in [3.8, 4) is 0 Å². The van der Waals surface area contributed by atoms with Gasteiger partial charge in [0.15, 0.2) is 5.78 Å². The van der Waals surface area contributed by atoms with Gasteiger partial charge in [-0.15, -0.1) is 0 Å². The van der Waals surface area contributed by atoms with Gasteiger partial charge in [-0.05, 0) is 52.5 Å². The SMILES string of the molecule is CCCN(C(=O)C1CCCC1)C(C)C(=O)c1c(C)[nH]c(C(=O)OCC)c1C. The molecule has 0 saturated heterocycles. The Morgan fingerprint density at radius 1 is 1.19 bits per heavy atom. The lowest BCUT2D eigenvalue weighted by molar-refractivity contribution is -0.136. The van der Waals surface area contributed by atoms with Gasteiger partial charge in [-0.3, -0.25) is 9.59 Å². The first-order valence-electron chi connectivity index (χ1n) is 10.0. The molecule has 1 saturated carbocycles. The zero-order valence-electron chi connectivity index (χ0n) is 17.2. The Hall–Kier alpha value is -2.11. The van der Waals surface area contributed by atoms with Gasteiger partial charge < -0.3 is 14.6 Å². The van der Waals surface area contributed by atoms with Crippen LogP contribution < -0.4 is 0 Å². The number of hydrogen-bond acceptors (Lipinski definition) is 4. The van der Waals surface area contributed by atoms with Crippen LogP contribution in [0.25, 0.3) is 0 Å². The van der Waals surface area contributed by atoms with E-state index in [1.165, 1.54) is 0 Å². The summed E-state index contributed by atoms with van der Waals surface area (Å²) in [7, 11) is 0. The van der Waals surface area contributed by atoms with E-state index in [-0.39, 0.29) is 24.2 Å². The molecule has 1 aliphatic rings. The molecule has 150 valence electrons. The van der Waals surface area contributed by atoms with Crippen LogP contribution >= 0.6 is 0 Å². The number of carbonyl (C=O) groups excluding carboxylic acids is 3. The molecule has 0 spiro atoms. The molecule has 27 heavy (non-hydrogen) atoms. The van der Waals surface area contributed by atoms with E-state index in [1.54, 1.807) is 32.6 Å². The third kappa shape index (κ3) is 4.42. The highest BCUT2D eigenvalue weighted by Gasteiger charge is 2.34. The Bertz CT molecular complexity index is 701. The highest BCUT2D eigenvalue weighted by molar-refractivity contribution is 6.06. The summed E-state index contributed by atoms with van der Waals surface area (Å²) in [6.07, 6.45) is 4.79. The predicted octanol–water partition coefficient (Wildman–Crippen LogP) is 3.81. The van der Waals surface area contributed by atoms with E-state index < -0.39 is 12.0 Å². The molecule has 1 amide bonds. The van der Waals surface area contributed by atoms with Crippen LogP contribution in [0.2, 0.25) is 0 Å². The maximum atomic E-state index is 13.2. The Balaban J connectivity index is 2.28. The molecular formula is C21H32N2O4. The smallest absolute Gasteiger partial charge is 0.355 e. The molecule has 0 aliphatic heterocycles. The highest BCUT2D eigenvalue weighted by atomic mass is 16.5. The second kappa shape index (κ2) is 9.20. The third-order valence-electron chi connectivity index (χ3n) is 5.46. The van der Waals surface area contributed by atoms with Crippen molar-refractivity contribution in [1.82, 2.24) is 9.88 Å². The summed E-state index contributed by atoms with van der Waals surface area (Å²) >= 11 is 0. The monoisotopic (exact) mass is 376 g/mol. The highest BCUT2D eigenvalue weighted by Crippen LogP contribution is 2.28. The summed E-state index contributed by atoms with van der Waals surface area (Å²) in [6.45, 7) is 9.91. The topological polar surface area (TPSA) is 79.5 Å². The number of amides is 1. The molecule has 6 heteroatoms. The normalized spacial score (nSPS) is 15.6. The van der Waals surface area contributed by atoms with Gasteiger partial charge in [0, 0.05) is 23.7 Å². The zero-order valence-corrected chi connectivity index (χ0v) is 17.2. The van der Waals surface area contributed by atoms with Crippen molar-refractivity contribution < 1.29 is 19.1 Å². The number of aromatic amines is 1. The van der Waals surface area contributed by atoms with E-state index in [1.807, 2.05) is 6.92 Å². The van der Waals surface area contributed by atoms with Crippen molar-refractivity contribution in [1.29, 1.82) is 0 Å². The quantitative estimate of drug-likeness (QED) is 0.553. The summed E-state index contributed by atoms with van der Waals surface area (Å²) in [6, 6.07) is -0.554. The van der Waals surface area contributed by atoms with Crippen molar-refractivity contribution in [3.63, 3.8) is 0 Å². The van der Waals surface area contributed by atoms with E-state index >= 15 is 0 Å². The largest absolute Gasteiger partial charge is 0.461 e. The summed E-state index contributed by atoms with van der Waals surface area (Å²) < 4.78 is 5.06. The molecule has 1 N–H and O–H groups in total. The molecule has 1 aromatic rings. The molecule has 2 rings (SSSR count). The number of H-pyrrole nitrogens is 1. The van der Waals surface area contributed by atoms with Crippen LogP contribution in [0.1, 0.15) is 85.0 Å². The van der Waals surface area contributed by atoms with Crippen LogP contribution in [0.4, 0.5) is 0 Å². The van der Waals surface area contributed by atoms with Gasteiger partial charge in [0.25, 0.3) is 0 Å². The maximum Gasteiger partial charge on any atom is 0.355 e. The maximum absolute atomic E-state index is 13.2. The van der Waals surface area contributed by atoms with Crippen LogP contribution in [0.3, 0.4) is 0 Å². The third-order valence-corrected chi connectivity index (χ3v) is 5.46. The van der Waals surface area contributed by atoms with Crippen molar-refractivity contribution in [2.24, 2.45) is 5.92 Å². The lowest BCUT2D eigenvalue weighted by atomic mass is 9.98. The first-order valence-corrected chi connectivity index (χ1v) is 10.0. The number of carbonyl (C=O) groups is 3. The average Bonchev–Trinajstić information content (AvgIpc) is 3.26. The first-order chi connectivity index (χ1) is 12.8. The van der Waals surface area contributed by atoms with E-state index in [9.17, 15) is 14.4 Å². The molecule has 0 radical (unpaired) electrons. The van der Waals surface area contributed by atoms with Gasteiger partial charge in [-0.2, -0.15) is 0 Å². The van der Waals surface area contributed by atoms with Crippen molar-refractivity contribution in [2.75, 3.05) is 13.2 Å². The molecule has 1 atom stereocenters. The molecule has 1 aliphatic carbocycles. The lowest BCUT2D eigenvalue weighted by Crippen LogP contribution is -2.46. The predicted molar refractivity (Wildman–Crippen MR) is 104 cm³/mol. The van der Waals surface area contributed by atoms with Gasteiger partial charge in [0.2, 0.25) is 5.91 Å². The second-order valence-corrected chi connectivity index (χ2v) is 7.40. The molecule has 0 bridgehead atoms. The van der Waals surface area contributed by atoms with Crippen LogP contribution in [-0.2, 0) is 9.53 Å². The number of Topliss-reactive ketones (excluding diaryl/α,β-unsaturated/α-hetero) is 1.